The lowest BCUT2D eigenvalue weighted by Gasteiger charge is -2.13. The van der Waals surface area contributed by atoms with E-state index in [9.17, 15) is 0 Å². The Balaban J connectivity index is 1.86. The van der Waals surface area contributed by atoms with Gasteiger partial charge in [0, 0.05) is 15.4 Å². The molecule has 0 radical (unpaired) electrons. The highest BCUT2D eigenvalue weighted by atomic mass is 79.9. The van der Waals surface area contributed by atoms with Crippen LogP contribution in [0.1, 0.15) is 37.8 Å². The van der Waals surface area contributed by atoms with Crippen LogP contribution in [0.15, 0.2) is 32.7 Å². The molecule has 7 heteroatoms. The van der Waals surface area contributed by atoms with E-state index >= 15 is 0 Å². The number of nitrogens with zero attached hydrogens (tertiary/aromatic N) is 4. The van der Waals surface area contributed by atoms with Crippen molar-refractivity contribution in [1.29, 1.82) is 0 Å². The summed E-state index contributed by atoms with van der Waals surface area (Å²) in [6.45, 7) is 2.12. The number of tetrazole rings is 1. The van der Waals surface area contributed by atoms with Crippen LogP contribution in [0, 0.1) is 0 Å². The minimum atomic E-state index is 0.185. The first-order valence-electron chi connectivity index (χ1n) is 7.17. The minimum Gasteiger partial charge on any atom is -0.327 e. The van der Waals surface area contributed by atoms with E-state index in [-0.39, 0.29) is 6.04 Å². The zero-order chi connectivity index (χ0) is 14.8. The number of rotatable bonds is 6. The third-order valence-electron chi connectivity index (χ3n) is 3.59. The molecule has 1 aromatic carbocycles. The molecule has 1 aliphatic rings. The number of halogens is 1. The maximum absolute atomic E-state index is 6.11. The van der Waals surface area contributed by atoms with Crippen LogP contribution in [0.25, 0.3) is 0 Å². The molecule has 1 heterocycles. The largest absolute Gasteiger partial charge is 0.327 e. The van der Waals surface area contributed by atoms with Crippen molar-refractivity contribution in [3.63, 3.8) is 0 Å². The predicted octanol–water partition coefficient (Wildman–Crippen LogP) is 3.20. The van der Waals surface area contributed by atoms with E-state index in [4.69, 9.17) is 5.73 Å². The molecule has 0 saturated heterocycles. The van der Waals surface area contributed by atoms with Gasteiger partial charge in [0.05, 0.1) is 6.04 Å². The van der Waals surface area contributed by atoms with Crippen LogP contribution >= 0.6 is 27.7 Å². The summed E-state index contributed by atoms with van der Waals surface area (Å²) < 4.78 is 3.00. The molecule has 1 unspecified atom stereocenters. The molecule has 1 aromatic heterocycles. The molecule has 0 amide bonds. The van der Waals surface area contributed by atoms with Crippen LogP contribution in [0.4, 0.5) is 0 Å². The monoisotopic (exact) mass is 367 g/mol. The predicted molar refractivity (Wildman–Crippen MR) is 86.3 cm³/mol. The third kappa shape index (κ3) is 3.64. The summed E-state index contributed by atoms with van der Waals surface area (Å²) in [7, 11) is 0. The number of benzene rings is 1. The molecule has 21 heavy (non-hydrogen) atoms. The van der Waals surface area contributed by atoms with Crippen molar-refractivity contribution in [1.82, 2.24) is 20.2 Å². The quantitative estimate of drug-likeness (QED) is 0.848. The van der Waals surface area contributed by atoms with E-state index in [1.54, 1.807) is 11.8 Å². The van der Waals surface area contributed by atoms with Crippen molar-refractivity contribution in [2.24, 2.45) is 5.73 Å². The molecule has 1 fully saturated rings. The van der Waals surface area contributed by atoms with Gasteiger partial charge in [-0.2, -0.15) is 0 Å². The second-order valence-electron chi connectivity index (χ2n) is 5.36. The van der Waals surface area contributed by atoms with Gasteiger partial charge in [-0.3, -0.25) is 0 Å². The Morgan fingerprint density at radius 2 is 2.29 bits per heavy atom. The van der Waals surface area contributed by atoms with Crippen molar-refractivity contribution in [3.05, 3.63) is 28.2 Å². The molecule has 0 spiro atoms. The summed E-state index contributed by atoms with van der Waals surface area (Å²) in [5.74, 6) is 0. The Morgan fingerprint density at radius 1 is 1.48 bits per heavy atom. The van der Waals surface area contributed by atoms with E-state index in [1.165, 1.54) is 23.3 Å². The molecule has 1 aliphatic carbocycles. The second kappa shape index (κ2) is 6.46. The lowest BCUT2D eigenvalue weighted by Crippen LogP contribution is -2.21. The molecule has 2 N–H and O–H groups in total. The normalized spacial score (nSPS) is 16.1. The Morgan fingerprint density at radius 3 is 3.00 bits per heavy atom. The summed E-state index contributed by atoms with van der Waals surface area (Å²) in [6.07, 6.45) is 4.19. The highest BCUT2D eigenvalue weighted by Crippen LogP contribution is 2.39. The van der Waals surface area contributed by atoms with Crippen molar-refractivity contribution in [2.75, 3.05) is 0 Å². The van der Waals surface area contributed by atoms with E-state index in [0.717, 1.165) is 22.5 Å². The number of aromatic nitrogens is 4. The fourth-order valence-corrected chi connectivity index (χ4v) is 3.65. The lowest BCUT2D eigenvalue weighted by molar-refractivity contribution is 0.565. The third-order valence-corrected chi connectivity index (χ3v) is 5.14. The highest BCUT2D eigenvalue weighted by molar-refractivity contribution is 9.10. The molecule has 112 valence electrons. The van der Waals surface area contributed by atoms with Gasteiger partial charge in [-0.05, 0) is 65.6 Å². The van der Waals surface area contributed by atoms with Gasteiger partial charge in [0.25, 0.3) is 0 Å². The van der Waals surface area contributed by atoms with Crippen molar-refractivity contribution < 1.29 is 0 Å². The first-order chi connectivity index (χ1) is 10.2. The summed E-state index contributed by atoms with van der Waals surface area (Å²) in [5.41, 5.74) is 7.36. The molecular weight excluding hydrogens is 350 g/mol. The van der Waals surface area contributed by atoms with Gasteiger partial charge in [-0.25, -0.2) is 4.68 Å². The molecule has 1 atom stereocenters. The zero-order valence-corrected chi connectivity index (χ0v) is 14.3. The Kier molecular flexibility index (Phi) is 4.61. The fourth-order valence-electron chi connectivity index (χ4n) is 2.12. The molecule has 3 rings (SSSR count). The Bertz CT molecular complexity index is 626. The molecule has 1 saturated carbocycles. The van der Waals surface area contributed by atoms with Crippen LogP contribution in [0.2, 0.25) is 0 Å². The molecule has 0 bridgehead atoms. The fraction of sp³-hybridized carbons (Fsp3) is 0.500. The van der Waals surface area contributed by atoms with Crippen molar-refractivity contribution in [3.8, 4) is 0 Å². The van der Waals surface area contributed by atoms with E-state index in [0.29, 0.717) is 6.04 Å². The van der Waals surface area contributed by atoms with Gasteiger partial charge in [-0.1, -0.05) is 28.9 Å². The van der Waals surface area contributed by atoms with Gasteiger partial charge in [0.15, 0.2) is 0 Å². The summed E-state index contributed by atoms with van der Waals surface area (Å²) in [6, 6.07) is 6.98. The maximum atomic E-state index is 6.11. The van der Waals surface area contributed by atoms with Gasteiger partial charge in [-0.15, -0.1) is 5.10 Å². The summed E-state index contributed by atoms with van der Waals surface area (Å²) in [4.78, 5) is 1.17. The Labute approximate surface area is 136 Å². The van der Waals surface area contributed by atoms with Crippen LogP contribution < -0.4 is 5.73 Å². The lowest BCUT2D eigenvalue weighted by atomic mass is 10.1. The van der Waals surface area contributed by atoms with E-state index < -0.39 is 0 Å². The molecule has 5 nitrogen and oxygen atoms in total. The minimum absolute atomic E-state index is 0.185. The standard InChI is InChI=1S/C14H18BrN5S/c1-2-11(16)7-9-3-4-10(15)8-13(9)21-14-17-18-19-20(14)12-5-6-12/h3-4,8,11-12H,2,5-7,16H2,1H3. The zero-order valence-electron chi connectivity index (χ0n) is 11.9. The van der Waals surface area contributed by atoms with Crippen molar-refractivity contribution >= 4 is 27.7 Å². The van der Waals surface area contributed by atoms with Crippen LogP contribution in [0.5, 0.6) is 0 Å². The average Bonchev–Trinajstić information content (AvgIpc) is 3.22. The molecular formula is C14H18BrN5S. The number of nitrogens with two attached hydrogens (primary N) is 1. The SMILES string of the molecule is CCC(N)Cc1ccc(Br)cc1Sc1nnnn1C1CC1. The van der Waals surface area contributed by atoms with Gasteiger partial charge in [0.2, 0.25) is 5.16 Å². The van der Waals surface area contributed by atoms with Crippen molar-refractivity contribution in [2.45, 2.75) is 54.7 Å². The van der Waals surface area contributed by atoms with Crippen LogP contribution in [-0.4, -0.2) is 26.2 Å². The van der Waals surface area contributed by atoms with Gasteiger partial charge >= 0.3 is 0 Å². The highest BCUT2D eigenvalue weighted by Gasteiger charge is 2.28. The topological polar surface area (TPSA) is 69.6 Å². The smallest absolute Gasteiger partial charge is 0.214 e. The number of hydrogen-bond donors (Lipinski definition) is 1. The first-order valence-corrected chi connectivity index (χ1v) is 8.78. The second-order valence-corrected chi connectivity index (χ2v) is 7.29. The van der Waals surface area contributed by atoms with E-state index in [1.807, 2.05) is 4.68 Å². The first kappa shape index (κ1) is 15.0. The van der Waals surface area contributed by atoms with E-state index in [2.05, 4.69) is 56.6 Å². The summed E-state index contributed by atoms with van der Waals surface area (Å²) in [5, 5.41) is 12.9. The van der Waals surface area contributed by atoms with Gasteiger partial charge in [0.1, 0.15) is 0 Å². The van der Waals surface area contributed by atoms with Crippen LogP contribution in [0.3, 0.4) is 0 Å². The average molecular weight is 368 g/mol. The maximum Gasteiger partial charge on any atom is 0.214 e. The van der Waals surface area contributed by atoms with Gasteiger partial charge < -0.3 is 5.73 Å². The molecule has 2 aromatic rings. The van der Waals surface area contributed by atoms with Crippen LogP contribution in [-0.2, 0) is 6.42 Å². The summed E-state index contributed by atoms with van der Waals surface area (Å²) >= 11 is 5.16. The molecule has 0 aliphatic heterocycles. The number of hydrogen-bond acceptors (Lipinski definition) is 5. The Hall–Kier alpha value is -0.920.